The van der Waals surface area contributed by atoms with Crippen molar-refractivity contribution in [2.24, 2.45) is 17.6 Å². The molecule has 0 saturated carbocycles. The van der Waals surface area contributed by atoms with Crippen molar-refractivity contribution in [3.8, 4) is 0 Å². The molecule has 1 heterocycles. The Labute approximate surface area is 106 Å². The predicted molar refractivity (Wildman–Crippen MR) is 74.0 cm³/mol. The maximum Gasteiger partial charge on any atom is 0.0442 e. The van der Waals surface area contributed by atoms with Crippen LogP contribution in [-0.4, -0.2) is 11.5 Å². The lowest BCUT2D eigenvalue weighted by atomic mass is 9.82. The molecule has 0 bridgehead atoms. The highest BCUT2D eigenvalue weighted by atomic mass is 14.7. The van der Waals surface area contributed by atoms with Gasteiger partial charge >= 0.3 is 0 Å². The highest BCUT2D eigenvalue weighted by Crippen LogP contribution is 2.30. The largest absolute Gasteiger partial charge is 0.330 e. The van der Waals surface area contributed by atoms with Crippen molar-refractivity contribution in [2.45, 2.75) is 46.5 Å². The quantitative estimate of drug-likeness (QED) is 0.819. The van der Waals surface area contributed by atoms with Gasteiger partial charge in [0.2, 0.25) is 0 Å². The van der Waals surface area contributed by atoms with Gasteiger partial charge in [-0.1, -0.05) is 33.8 Å². The van der Waals surface area contributed by atoms with E-state index >= 15 is 0 Å². The average Bonchev–Trinajstić information content (AvgIpc) is 2.26. The molecule has 0 amide bonds. The Balaban J connectivity index is 2.88. The van der Waals surface area contributed by atoms with Crippen molar-refractivity contribution in [3.63, 3.8) is 0 Å². The predicted octanol–water partition coefficient (Wildman–Crippen LogP) is 3.37. The molecule has 17 heavy (non-hydrogen) atoms. The molecule has 0 radical (unpaired) electrons. The number of aromatic nitrogens is 1. The summed E-state index contributed by atoms with van der Waals surface area (Å²) in [7, 11) is 0. The van der Waals surface area contributed by atoms with Crippen LogP contribution in [0.15, 0.2) is 18.2 Å². The van der Waals surface area contributed by atoms with Crippen LogP contribution >= 0.6 is 0 Å². The van der Waals surface area contributed by atoms with Crippen molar-refractivity contribution in [3.05, 3.63) is 29.6 Å². The van der Waals surface area contributed by atoms with Crippen molar-refractivity contribution < 1.29 is 0 Å². The standard InChI is InChI=1S/C15H26N2/c1-11(2)15(12(3)4)14-9-5-7-13(17-14)8-6-10-16/h5,7,9,11-12,15H,6,8,10,16H2,1-4H3. The van der Waals surface area contributed by atoms with E-state index in [4.69, 9.17) is 10.7 Å². The fraction of sp³-hybridized carbons (Fsp3) is 0.667. The highest BCUT2D eigenvalue weighted by Gasteiger charge is 2.20. The van der Waals surface area contributed by atoms with E-state index in [2.05, 4.69) is 45.9 Å². The van der Waals surface area contributed by atoms with E-state index in [9.17, 15) is 0 Å². The van der Waals surface area contributed by atoms with Gasteiger partial charge in [0.05, 0.1) is 0 Å². The van der Waals surface area contributed by atoms with Crippen LogP contribution in [0, 0.1) is 11.8 Å². The SMILES string of the molecule is CC(C)C(c1cccc(CCCN)n1)C(C)C. The first-order chi connectivity index (χ1) is 8.06. The third-order valence-corrected chi connectivity index (χ3v) is 3.24. The van der Waals surface area contributed by atoms with Gasteiger partial charge in [-0.05, 0) is 43.4 Å². The van der Waals surface area contributed by atoms with Gasteiger partial charge in [0.25, 0.3) is 0 Å². The third kappa shape index (κ3) is 4.12. The summed E-state index contributed by atoms with van der Waals surface area (Å²) in [4.78, 5) is 4.80. The zero-order valence-electron chi connectivity index (χ0n) is 11.6. The zero-order valence-corrected chi connectivity index (χ0v) is 11.6. The molecule has 2 N–H and O–H groups in total. The normalized spacial score (nSPS) is 11.8. The lowest BCUT2D eigenvalue weighted by Gasteiger charge is -2.24. The molecule has 0 spiro atoms. The fourth-order valence-electron chi connectivity index (χ4n) is 2.56. The molecule has 1 aromatic heterocycles. The summed E-state index contributed by atoms with van der Waals surface area (Å²) in [6, 6.07) is 6.40. The molecule has 1 aromatic rings. The lowest BCUT2D eigenvalue weighted by molar-refractivity contribution is 0.379. The lowest BCUT2D eigenvalue weighted by Crippen LogP contribution is -2.15. The number of nitrogens with two attached hydrogens (primary N) is 1. The molecule has 0 aliphatic rings. The fourth-order valence-corrected chi connectivity index (χ4v) is 2.56. The summed E-state index contributed by atoms with van der Waals surface area (Å²) in [5, 5.41) is 0. The van der Waals surface area contributed by atoms with E-state index in [0.29, 0.717) is 17.8 Å². The molecule has 0 aliphatic carbocycles. The van der Waals surface area contributed by atoms with E-state index in [-0.39, 0.29) is 0 Å². The van der Waals surface area contributed by atoms with Crippen LogP contribution < -0.4 is 5.73 Å². The van der Waals surface area contributed by atoms with Crippen molar-refractivity contribution >= 4 is 0 Å². The summed E-state index contributed by atoms with van der Waals surface area (Å²) in [6.07, 6.45) is 2.01. The maximum absolute atomic E-state index is 5.54. The van der Waals surface area contributed by atoms with Crippen LogP contribution in [0.1, 0.15) is 51.4 Å². The van der Waals surface area contributed by atoms with Crippen molar-refractivity contribution in [1.82, 2.24) is 4.98 Å². The minimum absolute atomic E-state index is 0.549. The Hall–Kier alpha value is -0.890. The second-order valence-corrected chi connectivity index (χ2v) is 5.46. The van der Waals surface area contributed by atoms with Gasteiger partial charge in [-0.3, -0.25) is 4.98 Å². The Bertz CT molecular complexity index is 323. The molecular weight excluding hydrogens is 208 g/mol. The molecule has 0 unspecified atom stereocenters. The number of hydrogen-bond donors (Lipinski definition) is 1. The first-order valence-electron chi connectivity index (χ1n) is 6.72. The minimum Gasteiger partial charge on any atom is -0.330 e. The van der Waals surface area contributed by atoms with Crippen LogP contribution in [0.2, 0.25) is 0 Å². The van der Waals surface area contributed by atoms with E-state index in [1.54, 1.807) is 0 Å². The number of aryl methyl sites for hydroxylation is 1. The molecule has 0 saturated heterocycles. The van der Waals surface area contributed by atoms with Crippen LogP contribution in [0.5, 0.6) is 0 Å². The second kappa shape index (κ2) is 6.75. The monoisotopic (exact) mass is 234 g/mol. The highest BCUT2D eigenvalue weighted by molar-refractivity contribution is 5.16. The molecule has 0 aromatic carbocycles. The zero-order chi connectivity index (χ0) is 12.8. The number of hydrogen-bond acceptors (Lipinski definition) is 2. The van der Waals surface area contributed by atoms with Gasteiger partial charge in [0.1, 0.15) is 0 Å². The van der Waals surface area contributed by atoms with Crippen LogP contribution in [0.3, 0.4) is 0 Å². The van der Waals surface area contributed by atoms with Gasteiger partial charge in [0.15, 0.2) is 0 Å². The van der Waals surface area contributed by atoms with Gasteiger partial charge in [-0.15, -0.1) is 0 Å². The van der Waals surface area contributed by atoms with Gasteiger partial charge in [0, 0.05) is 17.3 Å². The molecule has 0 fully saturated rings. The molecule has 2 heteroatoms. The smallest absolute Gasteiger partial charge is 0.0442 e. The Morgan fingerprint density at radius 2 is 1.76 bits per heavy atom. The average molecular weight is 234 g/mol. The van der Waals surface area contributed by atoms with E-state index < -0.39 is 0 Å². The summed E-state index contributed by atoms with van der Waals surface area (Å²) in [6.45, 7) is 9.85. The minimum atomic E-state index is 0.549. The van der Waals surface area contributed by atoms with Gasteiger partial charge in [-0.2, -0.15) is 0 Å². The molecule has 0 aliphatic heterocycles. The molecule has 1 rings (SSSR count). The number of pyridine rings is 1. The summed E-state index contributed by atoms with van der Waals surface area (Å²) in [5.74, 6) is 1.81. The van der Waals surface area contributed by atoms with Crippen molar-refractivity contribution in [2.75, 3.05) is 6.54 Å². The van der Waals surface area contributed by atoms with Crippen LogP contribution in [0.25, 0.3) is 0 Å². The molecule has 2 nitrogen and oxygen atoms in total. The Morgan fingerprint density at radius 1 is 1.12 bits per heavy atom. The summed E-state index contributed by atoms with van der Waals surface area (Å²) in [5.41, 5.74) is 7.96. The number of rotatable bonds is 6. The van der Waals surface area contributed by atoms with E-state index in [0.717, 1.165) is 19.4 Å². The summed E-state index contributed by atoms with van der Waals surface area (Å²) >= 11 is 0. The molecule has 96 valence electrons. The van der Waals surface area contributed by atoms with Crippen LogP contribution in [-0.2, 0) is 6.42 Å². The van der Waals surface area contributed by atoms with E-state index in [1.165, 1.54) is 11.4 Å². The summed E-state index contributed by atoms with van der Waals surface area (Å²) < 4.78 is 0. The Kier molecular flexibility index (Phi) is 5.63. The first kappa shape index (κ1) is 14.2. The maximum atomic E-state index is 5.54. The van der Waals surface area contributed by atoms with Gasteiger partial charge in [-0.25, -0.2) is 0 Å². The second-order valence-electron chi connectivity index (χ2n) is 5.46. The molecule has 0 atom stereocenters. The Morgan fingerprint density at radius 3 is 2.29 bits per heavy atom. The topological polar surface area (TPSA) is 38.9 Å². The van der Waals surface area contributed by atoms with Gasteiger partial charge < -0.3 is 5.73 Å². The van der Waals surface area contributed by atoms with E-state index in [1.807, 2.05) is 0 Å². The van der Waals surface area contributed by atoms with Crippen LogP contribution in [0.4, 0.5) is 0 Å². The number of nitrogens with zero attached hydrogens (tertiary/aromatic N) is 1. The third-order valence-electron chi connectivity index (χ3n) is 3.24. The molecular formula is C15H26N2. The first-order valence-corrected chi connectivity index (χ1v) is 6.72. The van der Waals surface area contributed by atoms with Crippen molar-refractivity contribution in [1.29, 1.82) is 0 Å².